The zero-order valence-corrected chi connectivity index (χ0v) is 18.5. The molecule has 1 aliphatic rings. The van der Waals surface area contributed by atoms with Crippen molar-refractivity contribution in [2.75, 3.05) is 49.8 Å². The molecule has 1 fully saturated rings. The number of carbonyl (C=O) groups excluding carboxylic acids is 1. The molecule has 0 bridgehead atoms. The minimum atomic E-state index is -3.19. The number of hydrogen-bond donors (Lipinski definition) is 1. The molecular weight excluding hydrogens is 414 g/mol. The lowest BCUT2D eigenvalue weighted by molar-refractivity contribution is -0.111. The van der Waals surface area contributed by atoms with E-state index in [0.717, 1.165) is 11.3 Å². The van der Waals surface area contributed by atoms with Gasteiger partial charge in [-0.05, 0) is 23.8 Å². The van der Waals surface area contributed by atoms with Crippen molar-refractivity contribution in [2.45, 2.75) is 0 Å². The molecule has 8 heteroatoms. The summed E-state index contributed by atoms with van der Waals surface area (Å²) >= 11 is 0. The van der Waals surface area contributed by atoms with E-state index in [1.165, 1.54) is 16.6 Å². The molecule has 0 saturated carbocycles. The maximum absolute atomic E-state index is 12.3. The largest absolute Gasteiger partial charge is 0.495 e. The number of amides is 1. The average molecular weight is 442 g/mol. The molecule has 2 aromatic carbocycles. The molecule has 0 atom stereocenters. The molecule has 7 nitrogen and oxygen atoms in total. The monoisotopic (exact) mass is 441 g/mol. The Labute approximate surface area is 183 Å². The number of piperazine rings is 1. The summed E-state index contributed by atoms with van der Waals surface area (Å²) in [5.74, 6) is 0.433. The summed E-state index contributed by atoms with van der Waals surface area (Å²) in [7, 11) is -1.61. The smallest absolute Gasteiger partial charge is 0.248 e. The number of nitrogens with one attached hydrogen (secondary N) is 1. The SMILES string of the molecule is COc1ccc(NC(=O)C=CC=Cc2ccccc2)cc1N1CCN(S(C)(=O)=O)CC1. The lowest BCUT2D eigenvalue weighted by Gasteiger charge is -2.35. The number of methoxy groups -OCH3 is 1. The molecule has 1 saturated heterocycles. The van der Waals surface area contributed by atoms with Gasteiger partial charge in [0, 0.05) is 37.9 Å². The first-order valence-corrected chi connectivity index (χ1v) is 11.8. The first-order valence-electron chi connectivity index (χ1n) is 9.96. The van der Waals surface area contributed by atoms with Crippen LogP contribution in [0.1, 0.15) is 5.56 Å². The molecule has 1 amide bonds. The molecule has 0 spiro atoms. The first kappa shape index (κ1) is 22.6. The van der Waals surface area contributed by atoms with E-state index in [4.69, 9.17) is 4.74 Å². The number of nitrogens with zero attached hydrogens (tertiary/aromatic N) is 2. The van der Waals surface area contributed by atoms with Gasteiger partial charge in [0.1, 0.15) is 5.75 Å². The van der Waals surface area contributed by atoms with Gasteiger partial charge in [-0.25, -0.2) is 8.42 Å². The number of benzene rings is 2. The van der Waals surface area contributed by atoms with E-state index in [-0.39, 0.29) is 5.91 Å². The van der Waals surface area contributed by atoms with E-state index in [0.29, 0.717) is 37.6 Å². The van der Waals surface area contributed by atoms with Gasteiger partial charge in [0.15, 0.2) is 0 Å². The fraction of sp³-hybridized carbons (Fsp3) is 0.261. The standard InChI is InChI=1S/C23H27N3O4S/c1-30-22-13-12-20(18-21(22)25-14-16-26(17-15-25)31(2,28)29)24-23(27)11-7-6-10-19-8-4-3-5-9-19/h3-13,18H,14-17H2,1-2H3,(H,24,27). The third kappa shape index (κ3) is 6.44. The second-order valence-electron chi connectivity index (χ2n) is 7.15. The van der Waals surface area contributed by atoms with Crippen LogP contribution in [0.2, 0.25) is 0 Å². The highest BCUT2D eigenvalue weighted by atomic mass is 32.2. The number of ether oxygens (including phenoxy) is 1. The Morgan fingerprint density at radius 1 is 1.03 bits per heavy atom. The number of anilines is 2. The molecule has 0 aromatic heterocycles. The summed E-state index contributed by atoms with van der Waals surface area (Å²) in [6.07, 6.45) is 8.12. The number of sulfonamides is 1. The van der Waals surface area contributed by atoms with Crippen LogP contribution in [0, 0.1) is 0 Å². The molecular formula is C23H27N3O4S. The van der Waals surface area contributed by atoms with Crippen LogP contribution in [0.4, 0.5) is 11.4 Å². The predicted molar refractivity (Wildman–Crippen MR) is 125 cm³/mol. The lowest BCUT2D eigenvalue weighted by atomic mass is 10.2. The molecule has 0 unspecified atom stereocenters. The van der Waals surface area contributed by atoms with Gasteiger partial charge in [-0.2, -0.15) is 4.31 Å². The van der Waals surface area contributed by atoms with Crippen molar-refractivity contribution in [3.8, 4) is 5.75 Å². The van der Waals surface area contributed by atoms with Gasteiger partial charge >= 0.3 is 0 Å². The zero-order chi connectivity index (χ0) is 22.3. The van der Waals surface area contributed by atoms with Gasteiger partial charge in [-0.1, -0.05) is 48.6 Å². The highest BCUT2D eigenvalue weighted by Gasteiger charge is 2.25. The van der Waals surface area contributed by atoms with Gasteiger partial charge in [-0.3, -0.25) is 4.79 Å². The normalized spacial score (nSPS) is 15.5. The van der Waals surface area contributed by atoms with Crippen molar-refractivity contribution in [3.63, 3.8) is 0 Å². The molecule has 0 aliphatic carbocycles. The van der Waals surface area contributed by atoms with Crippen molar-refractivity contribution in [1.29, 1.82) is 0 Å². The van der Waals surface area contributed by atoms with E-state index >= 15 is 0 Å². The summed E-state index contributed by atoms with van der Waals surface area (Å²) < 4.78 is 30.4. The third-order valence-corrected chi connectivity index (χ3v) is 6.24. The maximum Gasteiger partial charge on any atom is 0.248 e. The molecule has 31 heavy (non-hydrogen) atoms. The third-order valence-electron chi connectivity index (χ3n) is 4.94. The maximum atomic E-state index is 12.3. The molecule has 2 aromatic rings. The van der Waals surface area contributed by atoms with Crippen LogP contribution < -0.4 is 15.0 Å². The Morgan fingerprint density at radius 2 is 1.74 bits per heavy atom. The molecule has 3 rings (SSSR count). The van der Waals surface area contributed by atoms with Crippen LogP contribution in [0.5, 0.6) is 5.75 Å². The van der Waals surface area contributed by atoms with E-state index < -0.39 is 10.0 Å². The molecule has 164 valence electrons. The fourth-order valence-electron chi connectivity index (χ4n) is 3.33. The highest BCUT2D eigenvalue weighted by molar-refractivity contribution is 7.88. The molecule has 1 aliphatic heterocycles. The molecule has 1 N–H and O–H groups in total. The predicted octanol–water partition coefficient (Wildman–Crippen LogP) is 2.98. The van der Waals surface area contributed by atoms with Crippen molar-refractivity contribution < 1.29 is 17.9 Å². The Kier molecular flexibility index (Phi) is 7.49. The lowest BCUT2D eigenvalue weighted by Crippen LogP contribution is -2.48. The minimum absolute atomic E-state index is 0.240. The van der Waals surface area contributed by atoms with Gasteiger partial charge in [-0.15, -0.1) is 0 Å². The Morgan fingerprint density at radius 3 is 2.39 bits per heavy atom. The summed E-state index contributed by atoms with van der Waals surface area (Å²) in [6.45, 7) is 1.92. The number of carbonyl (C=O) groups is 1. The van der Waals surface area contributed by atoms with E-state index in [1.54, 1.807) is 25.3 Å². The van der Waals surface area contributed by atoms with Crippen LogP contribution in [0.25, 0.3) is 6.08 Å². The topological polar surface area (TPSA) is 79.0 Å². The van der Waals surface area contributed by atoms with Crippen LogP contribution in [0.3, 0.4) is 0 Å². The van der Waals surface area contributed by atoms with E-state index in [1.807, 2.05) is 48.6 Å². The number of rotatable bonds is 7. The average Bonchev–Trinajstić information content (AvgIpc) is 2.77. The van der Waals surface area contributed by atoms with Crippen molar-refractivity contribution in [1.82, 2.24) is 4.31 Å². The van der Waals surface area contributed by atoms with Gasteiger partial charge in [0.25, 0.3) is 0 Å². The second-order valence-corrected chi connectivity index (χ2v) is 9.14. The summed E-state index contributed by atoms with van der Waals surface area (Å²) in [4.78, 5) is 14.3. The molecule has 0 radical (unpaired) electrons. The van der Waals surface area contributed by atoms with Crippen LogP contribution >= 0.6 is 0 Å². The first-order chi connectivity index (χ1) is 14.9. The van der Waals surface area contributed by atoms with Gasteiger partial charge in [0.05, 0.1) is 19.1 Å². The van der Waals surface area contributed by atoms with E-state index in [9.17, 15) is 13.2 Å². The number of allylic oxidation sites excluding steroid dienone is 2. The van der Waals surface area contributed by atoms with Gasteiger partial charge < -0.3 is 15.0 Å². The van der Waals surface area contributed by atoms with Crippen LogP contribution in [-0.4, -0.2) is 58.2 Å². The number of hydrogen-bond acceptors (Lipinski definition) is 5. The molecule has 1 heterocycles. The Bertz CT molecular complexity index is 1060. The van der Waals surface area contributed by atoms with Crippen molar-refractivity contribution >= 4 is 33.4 Å². The van der Waals surface area contributed by atoms with Gasteiger partial charge in [0.2, 0.25) is 15.9 Å². The second kappa shape index (κ2) is 10.3. The van der Waals surface area contributed by atoms with Crippen molar-refractivity contribution in [2.24, 2.45) is 0 Å². The van der Waals surface area contributed by atoms with E-state index in [2.05, 4.69) is 10.2 Å². The quantitative estimate of drug-likeness (QED) is 0.528. The summed E-state index contributed by atoms with van der Waals surface area (Å²) in [6, 6.07) is 15.3. The van der Waals surface area contributed by atoms with Crippen molar-refractivity contribution in [3.05, 3.63) is 72.3 Å². The highest BCUT2D eigenvalue weighted by Crippen LogP contribution is 2.32. The summed E-state index contributed by atoms with van der Waals surface area (Å²) in [5.41, 5.74) is 2.52. The Hall–Kier alpha value is -3.10. The zero-order valence-electron chi connectivity index (χ0n) is 17.7. The van der Waals surface area contributed by atoms with Crippen LogP contribution in [0.15, 0.2) is 66.8 Å². The summed E-state index contributed by atoms with van der Waals surface area (Å²) in [5, 5.41) is 2.86. The Balaban J connectivity index is 1.64. The van der Waals surface area contributed by atoms with Crippen LogP contribution in [-0.2, 0) is 14.8 Å². The fourth-order valence-corrected chi connectivity index (χ4v) is 4.16. The minimum Gasteiger partial charge on any atom is -0.495 e.